The van der Waals surface area contributed by atoms with Crippen LogP contribution in [0.4, 0.5) is 0 Å². The highest BCUT2D eigenvalue weighted by Crippen LogP contribution is 2.34. The molecule has 0 aliphatic heterocycles. The van der Waals surface area contributed by atoms with Crippen molar-refractivity contribution in [3.8, 4) is 11.5 Å². The third kappa shape index (κ3) is 1.83. The second-order valence-corrected chi connectivity index (χ2v) is 4.63. The summed E-state index contributed by atoms with van der Waals surface area (Å²) in [5.41, 5.74) is 1.41. The summed E-state index contributed by atoms with van der Waals surface area (Å²) in [4.78, 5) is 11.8. The van der Waals surface area contributed by atoms with Crippen molar-refractivity contribution < 1.29 is 14.3 Å². The van der Waals surface area contributed by atoms with E-state index in [1.807, 2.05) is 19.9 Å². The van der Waals surface area contributed by atoms with Gasteiger partial charge in [-0.25, -0.2) is 4.79 Å². The molecule has 2 rings (SSSR count). The standard InChI is InChI=1S/C14H16O4/c1-7(2)12-9-5-8(3)10(15)6-11(9)18-14(16)13(12)17-4/h5-7,15H,1-4H3. The molecular weight excluding hydrogens is 232 g/mol. The number of phenolic OH excluding ortho intramolecular Hbond substituents is 1. The summed E-state index contributed by atoms with van der Waals surface area (Å²) in [6.45, 7) is 5.77. The van der Waals surface area contributed by atoms with Gasteiger partial charge in [0, 0.05) is 17.0 Å². The molecule has 2 aromatic rings. The number of aromatic hydroxyl groups is 1. The second kappa shape index (κ2) is 4.37. The van der Waals surface area contributed by atoms with Crippen LogP contribution in [0.3, 0.4) is 0 Å². The zero-order chi connectivity index (χ0) is 13.4. The number of ether oxygens (including phenoxy) is 1. The Morgan fingerprint density at radius 2 is 2.00 bits per heavy atom. The number of fused-ring (bicyclic) bond motifs is 1. The molecule has 4 nitrogen and oxygen atoms in total. The normalized spacial score (nSPS) is 11.2. The highest BCUT2D eigenvalue weighted by Gasteiger charge is 2.18. The number of benzene rings is 1. The Morgan fingerprint density at radius 3 is 2.56 bits per heavy atom. The summed E-state index contributed by atoms with van der Waals surface area (Å²) in [6.07, 6.45) is 0. The van der Waals surface area contributed by atoms with E-state index >= 15 is 0 Å². The Labute approximate surface area is 105 Å². The number of hydrogen-bond acceptors (Lipinski definition) is 4. The lowest BCUT2D eigenvalue weighted by atomic mass is 9.97. The van der Waals surface area contributed by atoms with Crippen LogP contribution in [0.25, 0.3) is 11.0 Å². The van der Waals surface area contributed by atoms with Crippen molar-refractivity contribution >= 4 is 11.0 Å². The van der Waals surface area contributed by atoms with Crippen LogP contribution in [-0.2, 0) is 0 Å². The third-order valence-corrected chi connectivity index (χ3v) is 3.00. The largest absolute Gasteiger partial charge is 0.508 e. The maximum absolute atomic E-state index is 11.8. The Balaban J connectivity index is 2.97. The van der Waals surface area contributed by atoms with Gasteiger partial charge in [-0.15, -0.1) is 0 Å². The molecule has 1 aromatic carbocycles. The van der Waals surface area contributed by atoms with Crippen molar-refractivity contribution in [2.45, 2.75) is 26.7 Å². The average Bonchev–Trinajstić information content (AvgIpc) is 2.29. The quantitative estimate of drug-likeness (QED) is 0.830. The summed E-state index contributed by atoms with van der Waals surface area (Å²) in [7, 11) is 1.46. The fraction of sp³-hybridized carbons (Fsp3) is 0.357. The minimum atomic E-state index is -0.517. The van der Waals surface area contributed by atoms with Gasteiger partial charge in [0.15, 0.2) is 0 Å². The minimum Gasteiger partial charge on any atom is -0.508 e. The van der Waals surface area contributed by atoms with Gasteiger partial charge in [-0.1, -0.05) is 13.8 Å². The monoisotopic (exact) mass is 248 g/mol. The zero-order valence-electron chi connectivity index (χ0n) is 10.9. The van der Waals surface area contributed by atoms with Gasteiger partial charge in [-0.05, 0) is 24.5 Å². The summed E-state index contributed by atoms with van der Waals surface area (Å²) >= 11 is 0. The summed E-state index contributed by atoms with van der Waals surface area (Å²) in [5.74, 6) is 0.476. The highest BCUT2D eigenvalue weighted by atomic mass is 16.5. The molecule has 0 saturated heterocycles. The van der Waals surface area contributed by atoms with E-state index in [2.05, 4.69) is 0 Å². The van der Waals surface area contributed by atoms with Crippen LogP contribution < -0.4 is 10.4 Å². The molecule has 1 aromatic heterocycles. The lowest BCUT2D eigenvalue weighted by molar-refractivity contribution is 0.378. The lowest BCUT2D eigenvalue weighted by Crippen LogP contribution is -2.09. The van der Waals surface area contributed by atoms with E-state index < -0.39 is 5.63 Å². The molecule has 96 valence electrons. The SMILES string of the molecule is COc1c(C(C)C)c2cc(C)c(O)cc2oc1=O. The predicted molar refractivity (Wildman–Crippen MR) is 69.5 cm³/mol. The highest BCUT2D eigenvalue weighted by molar-refractivity contribution is 5.85. The van der Waals surface area contributed by atoms with Crippen LogP contribution in [0.2, 0.25) is 0 Å². The van der Waals surface area contributed by atoms with Crippen molar-refractivity contribution in [1.82, 2.24) is 0 Å². The molecule has 18 heavy (non-hydrogen) atoms. The van der Waals surface area contributed by atoms with E-state index in [0.29, 0.717) is 5.58 Å². The average molecular weight is 248 g/mol. The fourth-order valence-corrected chi connectivity index (χ4v) is 2.12. The number of hydrogen-bond donors (Lipinski definition) is 1. The maximum Gasteiger partial charge on any atom is 0.379 e. The first-order valence-electron chi connectivity index (χ1n) is 5.80. The van der Waals surface area contributed by atoms with Crippen LogP contribution in [0.1, 0.15) is 30.9 Å². The van der Waals surface area contributed by atoms with Crippen molar-refractivity contribution in [3.05, 3.63) is 33.7 Å². The molecule has 0 saturated carbocycles. The summed E-state index contributed by atoms with van der Waals surface area (Å²) in [5, 5.41) is 10.5. The molecule has 1 heterocycles. The number of methoxy groups -OCH3 is 1. The zero-order valence-corrected chi connectivity index (χ0v) is 10.9. The molecule has 0 aliphatic carbocycles. The second-order valence-electron chi connectivity index (χ2n) is 4.63. The van der Waals surface area contributed by atoms with Gasteiger partial charge in [-0.2, -0.15) is 0 Å². The fourth-order valence-electron chi connectivity index (χ4n) is 2.12. The van der Waals surface area contributed by atoms with Crippen LogP contribution >= 0.6 is 0 Å². The number of aryl methyl sites for hydroxylation is 1. The van der Waals surface area contributed by atoms with Crippen molar-refractivity contribution in [3.63, 3.8) is 0 Å². The van der Waals surface area contributed by atoms with Gasteiger partial charge in [0.25, 0.3) is 0 Å². The first-order valence-corrected chi connectivity index (χ1v) is 5.80. The van der Waals surface area contributed by atoms with E-state index in [-0.39, 0.29) is 17.4 Å². The van der Waals surface area contributed by atoms with Gasteiger partial charge in [0.2, 0.25) is 5.75 Å². The number of rotatable bonds is 2. The smallest absolute Gasteiger partial charge is 0.379 e. The van der Waals surface area contributed by atoms with E-state index in [1.54, 1.807) is 6.92 Å². The third-order valence-electron chi connectivity index (χ3n) is 3.00. The first-order chi connectivity index (χ1) is 8.45. The molecule has 0 aliphatic rings. The minimum absolute atomic E-state index is 0.116. The van der Waals surface area contributed by atoms with Gasteiger partial charge in [0.1, 0.15) is 11.3 Å². The Kier molecular flexibility index (Phi) is 3.03. The first kappa shape index (κ1) is 12.5. The molecule has 1 N–H and O–H groups in total. The van der Waals surface area contributed by atoms with Crippen molar-refractivity contribution in [2.75, 3.05) is 7.11 Å². The van der Waals surface area contributed by atoms with Gasteiger partial charge >= 0.3 is 5.63 Å². The van der Waals surface area contributed by atoms with Gasteiger partial charge in [-0.3, -0.25) is 0 Å². The van der Waals surface area contributed by atoms with E-state index in [1.165, 1.54) is 13.2 Å². The lowest BCUT2D eigenvalue weighted by Gasteiger charge is -2.14. The molecule has 4 heteroatoms. The molecule has 0 atom stereocenters. The Morgan fingerprint density at radius 1 is 1.33 bits per heavy atom. The van der Waals surface area contributed by atoms with Crippen LogP contribution in [0.5, 0.6) is 11.5 Å². The van der Waals surface area contributed by atoms with E-state index in [0.717, 1.165) is 16.5 Å². The predicted octanol–water partition coefficient (Wildman–Crippen LogP) is 2.94. The maximum atomic E-state index is 11.8. The van der Waals surface area contributed by atoms with Crippen LogP contribution in [0.15, 0.2) is 21.3 Å². The Bertz CT molecular complexity index is 653. The molecule has 0 bridgehead atoms. The molecule has 0 amide bonds. The van der Waals surface area contributed by atoms with Gasteiger partial charge in [0.05, 0.1) is 7.11 Å². The summed E-state index contributed by atoms with van der Waals surface area (Å²) < 4.78 is 10.3. The van der Waals surface area contributed by atoms with Crippen LogP contribution in [-0.4, -0.2) is 12.2 Å². The molecule has 0 unspecified atom stereocenters. The van der Waals surface area contributed by atoms with Gasteiger partial charge < -0.3 is 14.3 Å². The molecule has 0 radical (unpaired) electrons. The van der Waals surface area contributed by atoms with Crippen LogP contribution in [0, 0.1) is 6.92 Å². The molecule has 0 spiro atoms. The van der Waals surface area contributed by atoms with Crippen molar-refractivity contribution in [2.24, 2.45) is 0 Å². The molecular formula is C14H16O4. The molecule has 0 fully saturated rings. The topological polar surface area (TPSA) is 59.7 Å². The Hall–Kier alpha value is -1.97. The summed E-state index contributed by atoms with van der Waals surface area (Å²) in [6, 6.07) is 3.28. The van der Waals surface area contributed by atoms with E-state index in [9.17, 15) is 9.90 Å². The van der Waals surface area contributed by atoms with E-state index in [4.69, 9.17) is 9.15 Å². The van der Waals surface area contributed by atoms with Crippen molar-refractivity contribution in [1.29, 1.82) is 0 Å². The number of phenols is 1.